The zero-order valence-corrected chi connectivity index (χ0v) is 11.5. The monoisotopic (exact) mass is 333 g/mol. The highest BCUT2D eigenvalue weighted by molar-refractivity contribution is 9.10. The highest BCUT2D eigenvalue weighted by Crippen LogP contribution is 2.31. The molecule has 1 aromatic rings. The molecule has 0 bridgehead atoms. The highest BCUT2D eigenvalue weighted by Gasteiger charge is 2.33. The summed E-state index contributed by atoms with van der Waals surface area (Å²) in [5.74, 6) is -1.41. The van der Waals surface area contributed by atoms with E-state index in [1.54, 1.807) is 6.07 Å². The second-order valence-corrected chi connectivity index (χ2v) is 6.03. The van der Waals surface area contributed by atoms with Crippen molar-refractivity contribution in [2.45, 2.75) is 4.90 Å². The number of hydrogen-bond donors (Lipinski definition) is 2. The lowest BCUT2D eigenvalue weighted by atomic mass is 10.1. The van der Waals surface area contributed by atoms with Crippen molar-refractivity contribution in [3.63, 3.8) is 0 Å². The van der Waals surface area contributed by atoms with Gasteiger partial charge in [0, 0.05) is 10.0 Å². The van der Waals surface area contributed by atoms with Gasteiger partial charge in [-0.3, -0.25) is 4.72 Å². The van der Waals surface area contributed by atoms with Crippen LogP contribution < -0.4 is 4.72 Å². The van der Waals surface area contributed by atoms with Crippen molar-refractivity contribution < 1.29 is 23.1 Å². The molecule has 1 heterocycles. The number of rotatable bonds is 1. The van der Waals surface area contributed by atoms with Crippen LogP contribution >= 0.6 is 15.9 Å². The molecule has 1 aliphatic rings. The van der Waals surface area contributed by atoms with Crippen molar-refractivity contribution in [3.8, 4) is 0 Å². The van der Waals surface area contributed by atoms with E-state index in [4.69, 9.17) is 0 Å². The quantitative estimate of drug-likeness (QED) is 0.752. The average molecular weight is 334 g/mol. The van der Waals surface area contributed by atoms with E-state index in [9.17, 15) is 18.3 Å². The largest absolute Gasteiger partial charge is 0.505 e. The van der Waals surface area contributed by atoms with Gasteiger partial charge in [-0.05, 0) is 18.2 Å². The Balaban J connectivity index is 2.74. The number of esters is 1. The fourth-order valence-electron chi connectivity index (χ4n) is 1.53. The molecule has 0 aliphatic carbocycles. The van der Waals surface area contributed by atoms with E-state index >= 15 is 0 Å². The number of hydrogen-bond acceptors (Lipinski definition) is 5. The van der Waals surface area contributed by atoms with Crippen molar-refractivity contribution in [2.24, 2.45) is 0 Å². The summed E-state index contributed by atoms with van der Waals surface area (Å²) in [6.07, 6.45) is 0. The van der Waals surface area contributed by atoms with Gasteiger partial charge in [0.25, 0.3) is 10.0 Å². The van der Waals surface area contributed by atoms with Crippen molar-refractivity contribution in [3.05, 3.63) is 33.9 Å². The SMILES string of the molecule is COC(=O)C1=C(O)c2ccc(Br)cc2S(=O)(=O)N1. The van der Waals surface area contributed by atoms with E-state index in [1.165, 1.54) is 12.1 Å². The third kappa shape index (κ3) is 1.97. The van der Waals surface area contributed by atoms with Crippen LogP contribution in [0.2, 0.25) is 0 Å². The number of halogens is 1. The summed E-state index contributed by atoms with van der Waals surface area (Å²) < 4.78 is 30.8. The van der Waals surface area contributed by atoms with Crippen LogP contribution in [0.3, 0.4) is 0 Å². The fraction of sp³-hybridized carbons (Fsp3) is 0.100. The van der Waals surface area contributed by atoms with E-state index in [2.05, 4.69) is 20.7 Å². The van der Waals surface area contributed by atoms with Gasteiger partial charge < -0.3 is 9.84 Å². The molecule has 0 spiro atoms. The Bertz CT molecular complexity index is 665. The number of nitrogens with one attached hydrogen (secondary N) is 1. The van der Waals surface area contributed by atoms with Crippen LogP contribution in [-0.2, 0) is 19.6 Å². The maximum atomic E-state index is 11.9. The lowest BCUT2D eigenvalue weighted by Gasteiger charge is -2.20. The molecule has 0 atom stereocenters. The molecule has 0 amide bonds. The van der Waals surface area contributed by atoms with Crippen LogP contribution in [0, 0.1) is 0 Å². The number of benzene rings is 1. The summed E-state index contributed by atoms with van der Waals surface area (Å²) in [6, 6.07) is 4.29. The maximum absolute atomic E-state index is 11.9. The van der Waals surface area contributed by atoms with E-state index < -0.39 is 27.4 Å². The van der Waals surface area contributed by atoms with Gasteiger partial charge in [0.05, 0.1) is 12.0 Å². The molecular weight excluding hydrogens is 326 g/mol. The van der Waals surface area contributed by atoms with Crippen LogP contribution in [0.1, 0.15) is 5.56 Å². The van der Waals surface area contributed by atoms with Crippen LogP contribution in [0.15, 0.2) is 33.3 Å². The van der Waals surface area contributed by atoms with Crippen molar-refractivity contribution in [2.75, 3.05) is 7.11 Å². The summed E-state index contributed by atoms with van der Waals surface area (Å²) >= 11 is 3.14. The van der Waals surface area contributed by atoms with Gasteiger partial charge in [0.2, 0.25) is 0 Å². The normalized spacial score (nSPS) is 16.8. The first kappa shape index (κ1) is 12.9. The molecule has 0 saturated heterocycles. The van der Waals surface area contributed by atoms with Gasteiger partial charge in [-0.25, -0.2) is 13.2 Å². The average Bonchev–Trinajstić information content (AvgIpc) is 2.33. The third-order valence-electron chi connectivity index (χ3n) is 2.35. The Kier molecular flexibility index (Phi) is 3.07. The second-order valence-electron chi connectivity index (χ2n) is 3.46. The van der Waals surface area contributed by atoms with Gasteiger partial charge >= 0.3 is 5.97 Å². The molecule has 1 aliphatic heterocycles. The minimum absolute atomic E-state index is 0.0531. The number of carbonyl (C=O) groups is 1. The molecule has 18 heavy (non-hydrogen) atoms. The van der Waals surface area contributed by atoms with Gasteiger partial charge in [0.1, 0.15) is 0 Å². The molecule has 0 aromatic heterocycles. The number of sulfonamides is 1. The van der Waals surface area contributed by atoms with Crippen LogP contribution in [0.25, 0.3) is 5.76 Å². The van der Waals surface area contributed by atoms with Crippen molar-refractivity contribution in [1.29, 1.82) is 0 Å². The summed E-state index contributed by atoms with van der Waals surface area (Å²) in [6.45, 7) is 0. The minimum Gasteiger partial charge on any atom is -0.505 e. The lowest BCUT2D eigenvalue weighted by molar-refractivity contribution is -0.136. The molecule has 0 saturated carbocycles. The molecular formula is C10H8BrNO5S. The smallest absolute Gasteiger partial charge is 0.359 e. The van der Waals surface area contributed by atoms with Gasteiger partial charge in [-0.15, -0.1) is 0 Å². The third-order valence-corrected chi connectivity index (χ3v) is 4.23. The van der Waals surface area contributed by atoms with Gasteiger partial charge in [0.15, 0.2) is 11.5 Å². The van der Waals surface area contributed by atoms with E-state index in [0.717, 1.165) is 7.11 Å². The molecule has 96 valence electrons. The predicted molar refractivity (Wildman–Crippen MR) is 66.0 cm³/mol. The highest BCUT2D eigenvalue weighted by atomic mass is 79.9. The standard InChI is InChI=1S/C10H8BrNO5S/c1-17-10(14)8-9(13)6-3-2-5(11)4-7(6)18(15,16)12-8/h2-4,12-13H,1H3. The topological polar surface area (TPSA) is 92.7 Å². The second kappa shape index (κ2) is 4.29. The number of fused-ring (bicyclic) bond motifs is 1. The summed E-state index contributed by atoms with van der Waals surface area (Å²) in [4.78, 5) is 11.3. The Morgan fingerprint density at radius 3 is 2.72 bits per heavy atom. The van der Waals surface area contributed by atoms with E-state index in [-0.39, 0.29) is 10.5 Å². The Morgan fingerprint density at radius 1 is 1.44 bits per heavy atom. The van der Waals surface area contributed by atoms with E-state index in [1.807, 2.05) is 4.72 Å². The molecule has 1 aromatic carbocycles. The number of ether oxygens (including phenoxy) is 1. The number of aliphatic hydroxyl groups excluding tert-OH is 1. The number of aliphatic hydroxyl groups is 1. The minimum atomic E-state index is -3.90. The zero-order chi connectivity index (χ0) is 13.5. The maximum Gasteiger partial charge on any atom is 0.359 e. The molecule has 8 heteroatoms. The Labute approximate surface area is 111 Å². The molecule has 0 fully saturated rings. The molecule has 0 unspecified atom stereocenters. The molecule has 2 N–H and O–H groups in total. The first-order valence-electron chi connectivity index (χ1n) is 4.71. The predicted octanol–water partition coefficient (Wildman–Crippen LogP) is 1.14. The summed E-state index contributed by atoms with van der Waals surface area (Å²) in [5, 5.41) is 9.88. The Hall–Kier alpha value is -1.54. The molecule has 2 rings (SSSR count). The zero-order valence-electron chi connectivity index (χ0n) is 9.10. The fourth-order valence-corrected chi connectivity index (χ4v) is 3.33. The summed E-state index contributed by atoms with van der Waals surface area (Å²) in [7, 11) is -2.81. The Morgan fingerprint density at radius 2 is 2.11 bits per heavy atom. The first-order valence-corrected chi connectivity index (χ1v) is 6.98. The van der Waals surface area contributed by atoms with E-state index in [0.29, 0.717) is 4.47 Å². The molecule has 0 radical (unpaired) electrons. The van der Waals surface area contributed by atoms with Gasteiger partial charge in [-0.2, -0.15) is 0 Å². The first-order chi connectivity index (χ1) is 8.36. The van der Waals surface area contributed by atoms with Crippen LogP contribution in [0.4, 0.5) is 0 Å². The van der Waals surface area contributed by atoms with Crippen LogP contribution in [0.5, 0.6) is 0 Å². The number of carbonyl (C=O) groups excluding carboxylic acids is 1. The summed E-state index contributed by atoms with van der Waals surface area (Å²) in [5.41, 5.74) is -0.440. The van der Waals surface area contributed by atoms with Crippen molar-refractivity contribution in [1.82, 2.24) is 4.72 Å². The lowest BCUT2D eigenvalue weighted by Crippen LogP contribution is -2.33. The molecule has 6 nitrogen and oxygen atoms in total. The number of methoxy groups -OCH3 is 1. The van der Waals surface area contributed by atoms with Gasteiger partial charge in [-0.1, -0.05) is 15.9 Å². The van der Waals surface area contributed by atoms with Crippen molar-refractivity contribution >= 4 is 37.7 Å². The van der Waals surface area contributed by atoms with Crippen LogP contribution in [-0.4, -0.2) is 26.6 Å².